The summed E-state index contributed by atoms with van der Waals surface area (Å²) in [4.78, 5) is 13.2. The summed E-state index contributed by atoms with van der Waals surface area (Å²) < 4.78 is 29.4. The number of hydrogen-bond acceptors (Lipinski definition) is 6. The summed E-state index contributed by atoms with van der Waals surface area (Å²) >= 11 is 0. The first kappa shape index (κ1) is 20.7. The maximum absolute atomic E-state index is 13.0. The molecule has 0 saturated heterocycles. The second-order valence-corrected chi connectivity index (χ2v) is 8.35. The molecule has 0 unspecified atom stereocenters. The number of imidazole rings is 1. The molecule has 32 heavy (non-hydrogen) atoms. The van der Waals surface area contributed by atoms with Gasteiger partial charge in [-0.3, -0.25) is 0 Å². The lowest BCUT2D eigenvalue weighted by atomic mass is 9.91. The van der Waals surface area contributed by atoms with Crippen LogP contribution in [0.5, 0.6) is 0 Å². The van der Waals surface area contributed by atoms with Crippen molar-refractivity contribution in [1.82, 2.24) is 34.4 Å². The molecule has 1 saturated carbocycles. The van der Waals surface area contributed by atoms with Gasteiger partial charge in [0.25, 0.3) is 6.43 Å². The quantitative estimate of drug-likeness (QED) is 0.476. The highest BCUT2D eigenvalue weighted by molar-refractivity contribution is 5.85. The third kappa shape index (κ3) is 3.90. The predicted octanol–water partition coefficient (Wildman–Crippen LogP) is 3.66. The Bertz CT molecular complexity index is 1240. The van der Waals surface area contributed by atoms with Gasteiger partial charge in [0.05, 0.1) is 23.8 Å². The van der Waals surface area contributed by atoms with E-state index in [0.29, 0.717) is 35.0 Å². The van der Waals surface area contributed by atoms with Crippen molar-refractivity contribution < 1.29 is 8.78 Å². The SMILES string of the molecule is CN[C@H]1CC[C@@H](Nc2ncc3c(-c4cnc5nc(C)n(CC(F)F)c5c4)ccn3n2)CC1. The van der Waals surface area contributed by atoms with Crippen LogP contribution in [0.2, 0.25) is 0 Å². The van der Waals surface area contributed by atoms with Gasteiger partial charge >= 0.3 is 0 Å². The molecule has 0 radical (unpaired) electrons. The summed E-state index contributed by atoms with van der Waals surface area (Å²) in [6.45, 7) is 1.31. The molecule has 0 spiro atoms. The molecule has 4 heterocycles. The summed E-state index contributed by atoms with van der Waals surface area (Å²) in [5.74, 6) is 1.13. The summed E-state index contributed by atoms with van der Waals surface area (Å²) in [5, 5.41) is 11.4. The molecular weight excluding hydrogens is 414 g/mol. The highest BCUT2D eigenvalue weighted by atomic mass is 19.3. The Morgan fingerprint density at radius 1 is 1.09 bits per heavy atom. The van der Waals surface area contributed by atoms with E-state index in [1.165, 1.54) is 4.57 Å². The lowest BCUT2D eigenvalue weighted by Crippen LogP contribution is -2.35. The summed E-state index contributed by atoms with van der Waals surface area (Å²) in [6, 6.07) is 4.76. The van der Waals surface area contributed by atoms with E-state index in [1.54, 1.807) is 23.8 Å². The van der Waals surface area contributed by atoms with Gasteiger partial charge in [-0.25, -0.2) is 28.2 Å². The van der Waals surface area contributed by atoms with E-state index in [-0.39, 0.29) is 0 Å². The average Bonchev–Trinajstić information content (AvgIpc) is 3.34. The molecule has 0 amide bonds. The number of halogens is 2. The van der Waals surface area contributed by atoms with Crippen molar-refractivity contribution >= 4 is 22.6 Å². The Morgan fingerprint density at radius 3 is 2.62 bits per heavy atom. The first-order valence-corrected chi connectivity index (χ1v) is 10.9. The zero-order valence-corrected chi connectivity index (χ0v) is 18.1. The van der Waals surface area contributed by atoms with Crippen LogP contribution in [-0.4, -0.2) is 54.7 Å². The molecule has 5 rings (SSSR count). The number of anilines is 1. The van der Waals surface area contributed by atoms with Gasteiger partial charge in [-0.05, 0) is 51.8 Å². The largest absolute Gasteiger partial charge is 0.350 e. The molecular formula is C22H26F2N8. The summed E-state index contributed by atoms with van der Waals surface area (Å²) in [7, 11) is 2.01. The second kappa shape index (κ2) is 8.42. The normalized spacial score (nSPS) is 19.3. The minimum absolute atomic E-state index is 0.372. The minimum Gasteiger partial charge on any atom is -0.350 e. The van der Waals surface area contributed by atoms with Crippen LogP contribution in [0.4, 0.5) is 14.7 Å². The van der Waals surface area contributed by atoms with Crippen LogP contribution in [0, 0.1) is 6.92 Å². The Hall–Kier alpha value is -3.14. The lowest BCUT2D eigenvalue weighted by molar-refractivity contribution is 0.127. The first-order valence-electron chi connectivity index (χ1n) is 10.9. The zero-order chi connectivity index (χ0) is 22.2. The van der Waals surface area contributed by atoms with Crippen LogP contribution in [0.1, 0.15) is 31.5 Å². The van der Waals surface area contributed by atoms with Crippen LogP contribution in [0.3, 0.4) is 0 Å². The number of pyridine rings is 1. The molecule has 4 aromatic rings. The highest BCUT2D eigenvalue weighted by Crippen LogP contribution is 2.28. The standard InChI is InChI=1S/C22H26F2N8/c1-13-28-21-18(31(13)12-20(23)24)9-14(10-26-21)17-7-8-32-19(17)11-27-22(30-32)29-16-5-3-15(25-2)4-6-16/h7-11,15-16,20,25H,3-6,12H2,1-2H3,(H,29,30)/t15-,16+. The van der Waals surface area contributed by atoms with E-state index in [4.69, 9.17) is 0 Å². The van der Waals surface area contributed by atoms with Crippen LogP contribution < -0.4 is 10.6 Å². The molecule has 0 aromatic carbocycles. The third-order valence-electron chi connectivity index (χ3n) is 6.31. The minimum atomic E-state index is -2.46. The van der Waals surface area contributed by atoms with Crippen molar-refractivity contribution in [3.63, 3.8) is 0 Å². The molecule has 0 aliphatic heterocycles. The lowest BCUT2D eigenvalue weighted by Gasteiger charge is -2.28. The van der Waals surface area contributed by atoms with Crippen molar-refractivity contribution in [3.8, 4) is 11.1 Å². The first-order chi connectivity index (χ1) is 15.5. The molecule has 4 aromatic heterocycles. The van der Waals surface area contributed by atoms with Crippen molar-refractivity contribution in [2.24, 2.45) is 0 Å². The summed E-state index contributed by atoms with van der Waals surface area (Å²) in [5.41, 5.74) is 3.59. The Morgan fingerprint density at radius 2 is 1.88 bits per heavy atom. The van der Waals surface area contributed by atoms with Crippen LogP contribution in [0.25, 0.3) is 27.8 Å². The van der Waals surface area contributed by atoms with Crippen LogP contribution in [0.15, 0.2) is 30.7 Å². The van der Waals surface area contributed by atoms with Crippen molar-refractivity contribution in [2.75, 3.05) is 12.4 Å². The number of rotatable bonds is 6. The van der Waals surface area contributed by atoms with E-state index in [2.05, 4.69) is 30.7 Å². The average molecular weight is 441 g/mol. The van der Waals surface area contributed by atoms with Gasteiger partial charge in [-0.15, -0.1) is 5.10 Å². The van der Waals surface area contributed by atoms with Gasteiger partial charge in [0.1, 0.15) is 5.82 Å². The van der Waals surface area contributed by atoms with E-state index < -0.39 is 13.0 Å². The Balaban J connectivity index is 1.42. The van der Waals surface area contributed by atoms with E-state index in [0.717, 1.165) is 42.3 Å². The molecule has 8 nitrogen and oxygen atoms in total. The molecule has 0 bridgehead atoms. The van der Waals surface area contributed by atoms with E-state index >= 15 is 0 Å². The van der Waals surface area contributed by atoms with Crippen molar-refractivity contribution in [3.05, 3.63) is 36.5 Å². The highest BCUT2D eigenvalue weighted by Gasteiger charge is 2.21. The van der Waals surface area contributed by atoms with Gasteiger partial charge in [0.15, 0.2) is 5.65 Å². The van der Waals surface area contributed by atoms with Crippen molar-refractivity contribution in [2.45, 2.75) is 57.7 Å². The van der Waals surface area contributed by atoms with Gasteiger partial charge < -0.3 is 15.2 Å². The van der Waals surface area contributed by atoms with Gasteiger partial charge in [0, 0.05) is 35.6 Å². The van der Waals surface area contributed by atoms with Gasteiger partial charge in [-0.2, -0.15) is 0 Å². The number of hydrogen-bond donors (Lipinski definition) is 2. The van der Waals surface area contributed by atoms with E-state index in [9.17, 15) is 8.78 Å². The van der Waals surface area contributed by atoms with Crippen LogP contribution >= 0.6 is 0 Å². The predicted molar refractivity (Wildman–Crippen MR) is 119 cm³/mol. The van der Waals surface area contributed by atoms with E-state index in [1.807, 2.05) is 25.4 Å². The monoisotopic (exact) mass is 440 g/mol. The molecule has 2 N–H and O–H groups in total. The number of nitrogens with one attached hydrogen (secondary N) is 2. The summed E-state index contributed by atoms with van der Waals surface area (Å²) in [6.07, 6.45) is 7.36. The van der Waals surface area contributed by atoms with Gasteiger partial charge in [-0.1, -0.05) is 0 Å². The molecule has 1 aliphatic carbocycles. The molecule has 1 fully saturated rings. The smallest absolute Gasteiger partial charge is 0.256 e. The number of nitrogens with zero attached hydrogens (tertiary/aromatic N) is 6. The fourth-order valence-electron chi connectivity index (χ4n) is 4.55. The Labute approximate surface area is 184 Å². The maximum atomic E-state index is 13.0. The second-order valence-electron chi connectivity index (χ2n) is 8.35. The number of aromatic nitrogens is 6. The fraction of sp³-hybridized carbons (Fsp3) is 0.455. The molecule has 10 heteroatoms. The zero-order valence-electron chi connectivity index (χ0n) is 18.1. The third-order valence-corrected chi connectivity index (χ3v) is 6.31. The molecule has 168 valence electrons. The topological polar surface area (TPSA) is 85.0 Å². The maximum Gasteiger partial charge on any atom is 0.256 e. The number of alkyl halides is 2. The number of aryl methyl sites for hydroxylation is 1. The molecule has 1 aliphatic rings. The fourth-order valence-corrected chi connectivity index (χ4v) is 4.55. The number of fused-ring (bicyclic) bond motifs is 2. The van der Waals surface area contributed by atoms with Crippen LogP contribution in [-0.2, 0) is 6.54 Å². The van der Waals surface area contributed by atoms with Gasteiger partial charge in [0.2, 0.25) is 5.95 Å². The Kier molecular flexibility index (Phi) is 5.46. The van der Waals surface area contributed by atoms with Crippen molar-refractivity contribution in [1.29, 1.82) is 0 Å². The molecule has 0 atom stereocenters.